The SMILES string of the molecule is CNc1cc(C(F)(F)F)cc(NCCC(O)COC)n1. The van der Waals surface area contributed by atoms with E-state index in [1.807, 2.05) is 0 Å². The molecule has 1 unspecified atom stereocenters. The fourth-order valence-corrected chi connectivity index (χ4v) is 1.56. The molecular weight excluding hydrogens is 275 g/mol. The van der Waals surface area contributed by atoms with Crippen LogP contribution in [0.25, 0.3) is 0 Å². The van der Waals surface area contributed by atoms with E-state index < -0.39 is 17.8 Å². The fourth-order valence-electron chi connectivity index (χ4n) is 1.56. The third-order valence-electron chi connectivity index (χ3n) is 2.55. The van der Waals surface area contributed by atoms with Crippen LogP contribution < -0.4 is 10.6 Å². The van der Waals surface area contributed by atoms with Gasteiger partial charge in [-0.05, 0) is 18.6 Å². The van der Waals surface area contributed by atoms with Crippen molar-refractivity contribution in [3.05, 3.63) is 17.7 Å². The zero-order chi connectivity index (χ0) is 15.2. The summed E-state index contributed by atoms with van der Waals surface area (Å²) < 4.78 is 42.8. The van der Waals surface area contributed by atoms with E-state index in [4.69, 9.17) is 4.74 Å². The zero-order valence-electron chi connectivity index (χ0n) is 11.3. The van der Waals surface area contributed by atoms with Gasteiger partial charge in [-0.15, -0.1) is 0 Å². The number of aliphatic hydroxyl groups excluding tert-OH is 1. The minimum absolute atomic E-state index is 0.105. The summed E-state index contributed by atoms with van der Waals surface area (Å²) in [5.41, 5.74) is -0.781. The molecule has 5 nitrogen and oxygen atoms in total. The quantitative estimate of drug-likeness (QED) is 0.717. The summed E-state index contributed by atoms with van der Waals surface area (Å²) in [4.78, 5) is 3.97. The molecule has 1 rings (SSSR count). The molecule has 0 aliphatic heterocycles. The first kappa shape index (κ1) is 16.5. The summed E-state index contributed by atoms with van der Waals surface area (Å²) in [6.07, 6.45) is -4.75. The molecule has 0 aliphatic carbocycles. The van der Waals surface area contributed by atoms with Crippen LogP contribution in [0.15, 0.2) is 12.1 Å². The van der Waals surface area contributed by atoms with Crippen LogP contribution in [0.2, 0.25) is 0 Å². The summed E-state index contributed by atoms with van der Waals surface area (Å²) in [6.45, 7) is 0.474. The van der Waals surface area contributed by atoms with Gasteiger partial charge < -0.3 is 20.5 Å². The molecule has 0 radical (unpaired) electrons. The van der Waals surface area contributed by atoms with Gasteiger partial charge in [0.15, 0.2) is 0 Å². The van der Waals surface area contributed by atoms with E-state index in [0.717, 1.165) is 12.1 Å². The molecule has 0 saturated heterocycles. The van der Waals surface area contributed by atoms with Crippen molar-refractivity contribution in [2.75, 3.05) is 37.9 Å². The molecule has 0 aromatic carbocycles. The lowest BCUT2D eigenvalue weighted by Gasteiger charge is -2.14. The molecule has 0 amide bonds. The highest BCUT2D eigenvalue weighted by atomic mass is 19.4. The van der Waals surface area contributed by atoms with E-state index in [0.29, 0.717) is 13.0 Å². The molecule has 1 aromatic rings. The standard InChI is InChI=1S/C12H18F3N3O2/c1-16-10-5-8(12(13,14)15)6-11(18-10)17-4-3-9(19)7-20-2/h5-6,9,19H,3-4,7H2,1-2H3,(H2,16,17,18). The Morgan fingerprint density at radius 2 is 2.00 bits per heavy atom. The molecule has 114 valence electrons. The number of aromatic nitrogens is 1. The number of methoxy groups -OCH3 is 1. The van der Waals surface area contributed by atoms with Gasteiger partial charge in [0.05, 0.1) is 18.3 Å². The van der Waals surface area contributed by atoms with Crippen molar-refractivity contribution in [3.63, 3.8) is 0 Å². The van der Waals surface area contributed by atoms with Gasteiger partial charge >= 0.3 is 6.18 Å². The molecule has 0 bridgehead atoms. The highest BCUT2D eigenvalue weighted by Crippen LogP contribution is 2.31. The molecule has 8 heteroatoms. The lowest BCUT2D eigenvalue weighted by atomic mass is 10.2. The van der Waals surface area contributed by atoms with Crippen molar-refractivity contribution in [3.8, 4) is 0 Å². The number of nitrogens with one attached hydrogen (secondary N) is 2. The Bertz CT molecular complexity index is 427. The first-order valence-electron chi connectivity index (χ1n) is 6.04. The first-order valence-corrected chi connectivity index (χ1v) is 6.04. The molecule has 1 heterocycles. The maximum absolute atomic E-state index is 12.7. The van der Waals surface area contributed by atoms with Gasteiger partial charge in [-0.3, -0.25) is 0 Å². The van der Waals surface area contributed by atoms with Crippen molar-refractivity contribution in [1.82, 2.24) is 4.98 Å². The second-order valence-electron chi connectivity index (χ2n) is 4.20. The molecule has 0 fully saturated rings. The number of aliphatic hydroxyl groups is 1. The van der Waals surface area contributed by atoms with E-state index in [9.17, 15) is 18.3 Å². The minimum atomic E-state index is -4.43. The van der Waals surface area contributed by atoms with Crippen molar-refractivity contribution in [1.29, 1.82) is 0 Å². The zero-order valence-corrected chi connectivity index (χ0v) is 11.3. The number of ether oxygens (including phenoxy) is 1. The summed E-state index contributed by atoms with van der Waals surface area (Å²) >= 11 is 0. The lowest BCUT2D eigenvalue weighted by molar-refractivity contribution is -0.137. The van der Waals surface area contributed by atoms with Crippen LogP contribution in [0.4, 0.5) is 24.8 Å². The van der Waals surface area contributed by atoms with Crippen LogP contribution in [-0.2, 0) is 10.9 Å². The van der Waals surface area contributed by atoms with Crippen LogP contribution in [0.1, 0.15) is 12.0 Å². The van der Waals surface area contributed by atoms with Crippen LogP contribution in [0, 0.1) is 0 Å². The number of anilines is 2. The van der Waals surface area contributed by atoms with Gasteiger partial charge in [0.1, 0.15) is 11.6 Å². The molecule has 3 N–H and O–H groups in total. The first-order chi connectivity index (χ1) is 9.36. The third kappa shape index (κ3) is 5.22. The van der Waals surface area contributed by atoms with E-state index in [2.05, 4.69) is 15.6 Å². The van der Waals surface area contributed by atoms with Gasteiger partial charge in [-0.25, -0.2) is 4.98 Å². The Morgan fingerprint density at radius 3 is 2.55 bits per heavy atom. The van der Waals surface area contributed by atoms with Crippen LogP contribution in [0.5, 0.6) is 0 Å². The third-order valence-corrected chi connectivity index (χ3v) is 2.55. The van der Waals surface area contributed by atoms with E-state index >= 15 is 0 Å². The monoisotopic (exact) mass is 293 g/mol. The molecule has 0 spiro atoms. The van der Waals surface area contributed by atoms with Crippen molar-refractivity contribution < 1.29 is 23.0 Å². The molecule has 1 aromatic heterocycles. The Kier molecular flexibility index (Phi) is 6.03. The smallest absolute Gasteiger partial charge is 0.391 e. The normalized spacial score (nSPS) is 13.1. The predicted octanol–water partition coefficient (Wildman–Crippen LogP) is 1.95. The summed E-state index contributed by atoms with van der Waals surface area (Å²) in [6, 6.07) is 1.87. The van der Waals surface area contributed by atoms with Crippen LogP contribution in [-0.4, -0.2) is 43.5 Å². The van der Waals surface area contributed by atoms with Crippen LogP contribution >= 0.6 is 0 Å². The largest absolute Gasteiger partial charge is 0.416 e. The highest BCUT2D eigenvalue weighted by Gasteiger charge is 2.31. The molecule has 0 saturated carbocycles. The minimum Gasteiger partial charge on any atom is -0.391 e. The van der Waals surface area contributed by atoms with E-state index in [1.165, 1.54) is 14.2 Å². The van der Waals surface area contributed by atoms with Gasteiger partial charge in [0.25, 0.3) is 0 Å². The van der Waals surface area contributed by atoms with Gasteiger partial charge in [0, 0.05) is 20.7 Å². The fraction of sp³-hybridized carbons (Fsp3) is 0.583. The van der Waals surface area contributed by atoms with E-state index in [-0.39, 0.29) is 18.2 Å². The average Bonchev–Trinajstić information content (AvgIpc) is 2.37. The van der Waals surface area contributed by atoms with Gasteiger partial charge in [0.2, 0.25) is 0 Å². The number of nitrogens with zero attached hydrogens (tertiary/aromatic N) is 1. The summed E-state index contributed by atoms with van der Waals surface area (Å²) in [5, 5.41) is 14.8. The number of pyridine rings is 1. The van der Waals surface area contributed by atoms with Crippen molar-refractivity contribution >= 4 is 11.6 Å². The highest BCUT2D eigenvalue weighted by molar-refractivity contribution is 5.49. The number of rotatable bonds is 7. The predicted molar refractivity (Wildman–Crippen MR) is 69.8 cm³/mol. The Hall–Kier alpha value is -1.54. The molecule has 20 heavy (non-hydrogen) atoms. The topological polar surface area (TPSA) is 66.4 Å². The maximum atomic E-state index is 12.7. The second kappa shape index (κ2) is 7.30. The van der Waals surface area contributed by atoms with Crippen molar-refractivity contribution in [2.45, 2.75) is 18.7 Å². The Morgan fingerprint density at radius 1 is 1.35 bits per heavy atom. The molecular formula is C12H18F3N3O2. The summed E-state index contributed by atoms with van der Waals surface area (Å²) in [7, 11) is 2.96. The number of hydrogen-bond donors (Lipinski definition) is 3. The Labute approximate surface area is 115 Å². The number of hydrogen-bond acceptors (Lipinski definition) is 5. The van der Waals surface area contributed by atoms with E-state index in [1.54, 1.807) is 0 Å². The van der Waals surface area contributed by atoms with Gasteiger partial charge in [-0.2, -0.15) is 13.2 Å². The molecule has 1 atom stereocenters. The number of alkyl halides is 3. The van der Waals surface area contributed by atoms with Crippen molar-refractivity contribution in [2.24, 2.45) is 0 Å². The lowest BCUT2D eigenvalue weighted by Crippen LogP contribution is -2.19. The number of halogens is 3. The van der Waals surface area contributed by atoms with Gasteiger partial charge in [-0.1, -0.05) is 0 Å². The Balaban J connectivity index is 2.70. The summed E-state index contributed by atoms with van der Waals surface area (Å²) in [5.74, 6) is 0.230. The average molecular weight is 293 g/mol. The van der Waals surface area contributed by atoms with Crippen LogP contribution in [0.3, 0.4) is 0 Å². The second-order valence-corrected chi connectivity index (χ2v) is 4.20. The molecule has 0 aliphatic rings. The maximum Gasteiger partial charge on any atom is 0.416 e.